The fraction of sp³-hybridized carbons (Fsp3) is 0.333. The summed E-state index contributed by atoms with van der Waals surface area (Å²) in [5.41, 5.74) is 2.51. The highest BCUT2D eigenvalue weighted by Gasteiger charge is 2.24. The number of benzene rings is 1. The first-order valence-corrected chi connectivity index (χ1v) is 8.74. The lowest BCUT2D eigenvalue weighted by molar-refractivity contribution is 0.279. The minimum absolute atomic E-state index is 0.345. The van der Waals surface area contributed by atoms with E-state index in [0.29, 0.717) is 17.3 Å². The van der Waals surface area contributed by atoms with Crippen LogP contribution in [0.5, 0.6) is 0 Å². The molecule has 2 aliphatic heterocycles. The average molecular weight is 324 g/mol. The van der Waals surface area contributed by atoms with E-state index in [-0.39, 0.29) is 0 Å². The fourth-order valence-electron chi connectivity index (χ4n) is 2.78. The molecule has 0 radical (unpaired) electrons. The SMILES string of the molecule is CC1CCN(C(=N)C(C#N)=C2NC(c3ccccc3)=CS2)CC1. The lowest BCUT2D eigenvalue weighted by atomic mass is 9.98. The Hall–Kier alpha value is -2.19. The Balaban J connectivity index is 1.75. The molecule has 0 bridgehead atoms. The van der Waals surface area contributed by atoms with Crippen molar-refractivity contribution in [2.45, 2.75) is 19.8 Å². The third kappa shape index (κ3) is 3.43. The van der Waals surface area contributed by atoms with Crippen molar-refractivity contribution in [1.29, 1.82) is 10.7 Å². The van der Waals surface area contributed by atoms with Gasteiger partial charge in [-0.2, -0.15) is 5.26 Å². The minimum atomic E-state index is 0.345. The van der Waals surface area contributed by atoms with Crippen LogP contribution in [-0.2, 0) is 0 Å². The first-order valence-electron chi connectivity index (χ1n) is 7.86. The van der Waals surface area contributed by atoms with Gasteiger partial charge in [-0.1, -0.05) is 49.0 Å². The van der Waals surface area contributed by atoms with Crippen molar-refractivity contribution in [3.63, 3.8) is 0 Å². The minimum Gasteiger partial charge on any atom is -0.356 e. The van der Waals surface area contributed by atoms with E-state index in [1.807, 2.05) is 40.6 Å². The number of rotatable bonds is 2. The van der Waals surface area contributed by atoms with E-state index in [0.717, 1.165) is 42.2 Å². The zero-order valence-electron chi connectivity index (χ0n) is 13.2. The van der Waals surface area contributed by atoms with Crippen LogP contribution in [0, 0.1) is 22.7 Å². The molecule has 0 amide bonds. The molecule has 0 aromatic heterocycles. The number of amidine groups is 1. The number of thioether (sulfide) groups is 1. The summed E-state index contributed by atoms with van der Waals surface area (Å²) in [5.74, 6) is 1.06. The fourth-order valence-corrected chi connectivity index (χ4v) is 3.64. The van der Waals surface area contributed by atoms with Crippen molar-refractivity contribution >= 4 is 23.3 Å². The van der Waals surface area contributed by atoms with E-state index >= 15 is 0 Å². The number of likely N-dealkylation sites (tertiary alicyclic amines) is 1. The topological polar surface area (TPSA) is 62.9 Å². The zero-order valence-corrected chi connectivity index (χ0v) is 14.0. The molecule has 2 heterocycles. The number of hydrogen-bond acceptors (Lipinski definition) is 4. The molecular weight excluding hydrogens is 304 g/mol. The van der Waals surface area contributed by atoms with Crippen LogP contribution in [0.15, 0.2) is 46.3 Å². The molecule has 3 rings (SSSR count). The Kier molecular flexibility index (Phi) is 4.73. The summed E-state index contributed by atoms with van der Waals surface area (Å²) in [6.07, 6.45) is 2.18. The maximum Gasteiger partial charge on any atom is 0.141 e. The molecule has 5 heteroatoms. The first kappa shape index (κ1) is 15.7. The molecule has 2 aliphatic rings. The van der Waals surface area contributed by atoms with Crippen LogP contribution in [0.1, 0.15) is 25.3 Å². The molecule has 1 aromatic rings. The molecule has 4 nitrogen and oxygen atoms in total. The second-order valence-electron chi connectivity index (χ2n) is 5.97. The maximum absolute atomic E-state index is 9.54. The number of hydrogen-bond donors (Lipinski definition) is 2. The normalized spacial score (nSPS) is 20.5. The van der Waals surface area contributed by atoms with Crippen LogP contribution in [-0.4, -0.2) is 23.8 Å². The summed E-state index contributed by atoms with van der Waals surface area (Å²) >= 11 is 1.49. The maximum atomic E-state index is 9.54. The molecule has 118 valence electrons. The van der Waals surface area contributed by atoms with Crippen LogP contribution in [0.2, 0.25) is 0 Å². The summed E-state index contributed by atoms with van der Waals surface area (Å²) in [6.45, 7) is 3.97. The van der Waals surface area contributed by atoms with Gasteiger partial charge in [0.1, 0.15) is 17.5 Å². The standard InChI is InChI=1S/C18H20N4S/c1-13-7-9-22(10-8-13)17(20)15(11-19)18-21-16(12-23-18)14-5-3-2-4-6-14/h2-6,12-13,20-21H,7-10H2,1H3. The van der Waals surface area contributed by atoms with Crippen LogP contribution < -0.4 is 5.32 Å². The molecule has 0 aliphatic carbocycles. The molecule has 0 atom stereocenters. The Morgan fingerprint density at radius 3 is 2.65 bits per heavy atom. The van der Waals surface area contributed by atoms with E-state index in [1.165, 1.54) is 11.8 Å². The highest BCUT2D eigenvalue weighted by molar-refractivity contribution is 8.06. The van der Waals surface area contributed by atoms with E-state index in [2.05, 4.69) is 18.3 Å². The monoisotopic (exact) mass is 324 g/mol. The molecule has 0 saturated carbocycles. The Morgan fingerprint density at radius 1 is 1.30 bits per heavy atom. The van der Waals surface area contributed by atoms with Gasteiger partial charge in [-0.25, -0.2) is 0 Å². The van der Waals surface area contributed by atoms with Gasteiger partial charge in [-0.15, -0.1) is 0 Å². The number of nitriles is 1. The molecule has 1 saturated heterocycles. The summed E-state index contributed by atoms with van der Waals surface area (Å²) in [4.78, 5) is 2.02. The van der Waals surface area contributed by atoms with Gasteiger partial charge in [0, 0.05) is 18.5 Å². The molecule has 1 fully saturated rings. The average Bonchev–Trinajstić information content (AvgIpc) is 3.06. The van der Waals surface area contributed by atoms with Crippen molar-refractivity contribution < 1.29 is 0 Å². The van der Waals surface area contributed by atoms with Gasteiger partial charge >= 0.3 is 0 Å². The lowest BCUT2D eigenvalue weighted by Gasteiger charge is -2.32. The zero-order chi connectivity index (χ0) is 16.2. The third-order valence-electron chi connectivity index (χ3n) is 4.30. The molecule has 1 aromatic carbocycles. The molecule has 0 unspecified atom stereocenters. The number of piperidine rings is 1. The van der Waals surface area contributed by atoms with E-state index in [4.69, 9.17) is 5.41 Å². The van der Waals surface area contributed by atoms with Crippen molar-refractivity contribution in [3.05, 3.63) is 51.9 Å². The van der Waals surface area contributed by atoms with E-state index in [9.17, 15) is 5.26 Å². The van der Waals surface area contributed by atoms with Gasteiger partial charge < -0.3 is 10.2 Å². The smallest absolute Gasteiger partial charge is 0.141 e. The number of nitrogens with one attached hydrogen (secondary N) is 2. The predicted molar refractivity (Wildman–Crippen MR) is 95.5 cm³/mol. The Morgan fingerprint density at radius 2 is 2.00 bits per heavy atom. The summed E-state index contributed by atoms with van der Waals surface area (Å²) < 4.78 is 0. The third-order valence-corrected chi connectivity index (χ3v) is 5.20. The van der Waals surface area contributed by atoms with Gasteiger partial charge in [0.25, 0.3) is 0 Å². The van der Waals surface area contributed by atoms with E-state index < -0.39 is 0 Å². The second-order valence-corrected chi connectivity index (χ2v) is 6.85. The first-order chi connectivity index (χ1) is 11.2. The van der Waals surface area contributed by atoms with Crippen molar-refractivity contribution in [2.24, 2.45) is 5.92 Å². The van der Waals surface area contributed by atoms with Gasteiger partial charge in [0.15, 0.2) is 0 Å². The van der Waals surface area contributed by atoms with Crippen LogP contribution >= 0.6 is 11.8 Å². The summed E-state index contributed by atoms with van der Waals surface area (Å²) in [7, 11) is 0. The summed E-state index contributed by atoms with van der Waals surface area (Å²) in [6, 6.07) is 12.3. The van der Waals surface area contributed by atoms with Crippen LogP contribution in [0.4, 0.5) is 0 Å². The Bertz CT molecular complexity index is 691. The quantitative estimate of drug-likeness (QED) is 0.494. The largest absolute Gasteiger partial charge is 0.356 e. The lowest BCUT2D eigenvalue weighted by Crippen LogP contribution is -2.38. The predicted octanol–water partition coefficient (Wildman–Crippen LogP) is 3.77. The van der Waals surface area contributed by atoms with Crippen LogP contribution in [0.3, 0.4) is 0 Å². The summed E-state index contributed by atoms with van der Waals surface area (Å²) in [5, 5.41) is 24.0. The van der Waals surface area contributed by atoms with Crippen LogP contribution in [0.25, 0.3) is 5.70 Å². The van der Waals surface area contributed by atoms with Gasteiger partial charge in [0.2, 0.25) is 0 Å². The van der Waals surface area contributed by atoms with Gasteiger partial charge in [-0.05, 0) is 24.3 Å². The van der Waals surface area contributed by atoms with Crippen molar-refractivity contribution in [1.82, 2.24) is 10.2 Å². The highest BCUT2D eigenvalue weighted by atomic mass is 32.2. The molecule has 23 heavy (non-hydrogen) atoms. The van der Waals surface area contributed by atoms with Gasteiger partial charge in [0.05, 0.1) is 10.7 Å². The van der Waals surface area contributed by atoms with Gasteiger partial charge in [-0.3, -0.25) is 5.41 Å². The second kappa shape index (κ2) is 6.93. The molecule has 2 N–H and O–H groups in total. The van der Waals surface area contributed by atoms with E-state index in [1.54, 1.807) is 0 Å². The molecular formula is C18H20N4S. The Labute approximate surface area is 141 Å². The molecule has 0 spiro atoms. The van der Waals surface area contributed by atoms with Crippen molar-refractivity contribution in [2.75, 3.05) is 13.1 Å². The highest BCUT2D eigenvalue weighted by Crippen LogP contribution is 2.32. The van der Waals surface area contributed by atoms with Crippen molar-refractivity contribution in [3.8, 4) is 6.07 Å². The number of nitrogens with zero attached hydrogens (tertiary/aromatic N) is 2.